The summed E-state index contributed by atoms with van der Waals surface area (Å²) < 4.78 is 0. The van der Waals surface area contributed by atoms with Crippen LogP contribution in [0.25, 0.3) is 101 Å². The van der Waals surface area contributed by atoms with Crippen molar-refractivity contribution in [2.75, 3.05) is 0 Å². The number of hydrogen-bond donors (Lipinski definition) is 0. The summed E-state index contributed by atoms with van der Waals surface area (Å²) in [4.78, 5) is 15.4. The van der Waals surface area contributed by atoms with Crippen LogP contribution >= 0.6 is 0 Å². The van der Waals surface area contributed by atoms with Crippen LogP contribution in [0.2, 0.25) is 0 Å². The van der Waals surface area contributed by atoms with E-state index in [-0.39, 0.29) is 0 Å². The summed E-state index contributed by atoms with van der Waals surface area (Å²) in [5, 5.41) is 2.43. The number of nitrogens with zero attached hydrogens (tertiary/aromatic N) is 3. The Morgan fingerprint density at radius 1 is 0.207 bits per heavy atom. The molecule has 0 aliphatic rings. The first-order chi connectivity index (χ1) is 28.7. The van der Waals surface area contributed by atoms with Crippen molar-refractivity contribution in [1.82, 2.24) is 15.0 Å². The summed E-state index contributed by atoms with van der Waals surface area (Å²) in [7, 11) is 0. The van der Waals surface area contributed by atoms with Crippen molar-refractivity contribution in [3.8, 4) is 89.8 Å². The highest BCUT2D eigenvalue weighted by Crippen LogP contribution is 2.40. The molecule has 0 fully saturated rings. The van der Waals surface area contributed by atoms with E-state index in [0.29, 0.717) is 17.5 Å². The third kappa shape index (κ3) is 6.98. The van der Waals surface area contributed by atoms with Crippen LogP contribution < -0.4 is 0 Å². The lowest BCUT2D eigenvalue weighted by molar-refractivity contribution is 1.07. The zero-order valence-electron chi connectivity index (χ0n) is 31.7. The predicted molar refractivity (Wildman–Crippen MR) is 241 cm³/mol. The Morgan fingerprint density at radius 2 is 0.603 bits per heavy atom. The summed E-state index contributed by atoms with van der Waals surface area (Å²) in [6.07, 6.45) is 0. The molecule has 0 saturated heterocycles. The first-order valence-corrected chi connectivity index (χ1v) is 19.6. The van der Waals surface area contributed by atoms with E-state index < -0.39 is 0 Å². The molecule has 0 saturated carbocycles. The third-order valence-corrected chi connectivity index (χ3v) is 10.8. The van der Waals surface area contributed by atoms with Gasteiger partial charge in [-0.25, -0.2) is 15.0 Å². The van der Waals surface area contributed by atoms with Gasteiger partial charge >= 0.3 is 0 Å². The number of benzene rings is 9. The average molecular weight is 740 g/mol. The zero-order valence-corrected chi connectivity index (χ0v) is 31.7. The van der Waals surface area contributed by atoms with Crippen LogP contribution in [0.1, 0.15) is 0 Å². The van der Waals surface area contributed by atoms with Crippen molar-refractivity contribution in [2.45, 2.75) is 0 Å². The van der Waals surface area contributed by atoms with E-state index in [1.165, 1.54) is 44.2 Å². The highest BCUT2D eigenvalue weighted by atomic mass is 15.0. The molecule has 3 nitrogen and oxygen atoms in total. The quantitative estimate of drug-likeness (QED) is 0.156. The fourth-order valence-electron chi connectivity index (χ4n) is 7.76. The van der Waals surface area contributed by atoms with Gasteiger partial charge in [0.2, 0.25) is 0 Å². The van der Waals surface area contributed by atoms with Gasteiger partial charge in [-0.05, 0) is 78.5 Å². The average Bonchev–Trinajstić information content (AvgIpc) is 3.32. The van der Waals surface area contributed by atoms with Crippen molar-refractivity contribution in [3.05, 3.63) is 224 Å². The van der Waals surface area contributed by atoms with Gasteiger partial charge in [0.1, 0.15) is 0 Å². The first kappa shape index (κ1) is 34.7. The largest absolute Gasteiger partial charge is 0.208 e. The second-order valence-corrected chi connectivity index (χ2v) is 14.4. The Morgan fingerprint density at radius 3 is 1.19 bits per heavy atom. The van der Waals surface area contributed by atoms with Gasteiger partial charge in [-0.15, -0.1) is 0 Å². The number of aromatic nitrogens is 3. The topological polar surface area (TPSA) is 38.7 Å². The predicted octanol–water partition coefficient (Wildman–Crippen LogP) is 14.4. The van der Waals surface area contributed by atoms with Gasteiger partial charge in [-0.2, -0.15) is 0 Å². The van der Waals surface area contributed by atoms with E-state index in [9.17, 15) is 0 Å². The minimum Gasteiger partial charge on any atom is -0.208 e. The molecule has 0 atom stereocenters. The monoisotopic (exact) mass is 739 g/mol. The number of fused-ring (bicyclic) bond motifs is 1. The normalized spacial score (nSPS) is 11.1. The fourth-order valence-corrected chi connectivity index (χ4v) is 7.76. The van der Waals surface area contributed by atoms with Crippen molar-refractivity contribution >= 4 is 10.8 Å². The van der Waals surface area contributed by atoms with Crippen molar-refractivity contribution < 1.29 is 0 Å². The standard InChI is InChI=1S/C55H37N3/c1-4-14-38(15-5-1)41-26-30-44(31-27-41)53-56-54(45-32-28-42(29-33-45)39-16-6-2-7-17-39)58-55(57-53)48-23-12-22-47(36-48)50-35-34-46(40-18-8-3-9-19-40)37-52(50)51-25-13-21-43-20-10-11-24-49(43)51/h1-37H. The minimum absolute atomic E-state index is 0.619. The minimum atomic E-state index is 0.619. The lowest BCUT2D eigenvalue weighted by atomic mass is 9.88. The van der Waals surface area contributed by atoms with E-state index in [4.69, 9.17) is 15.0 Å². The van der Waals surface area contributed by atoms with Gasteiger partial charge in [0.15, 0.2) is 17.5 Å². The Kier molecular flexibility index (Phi) is 9.23. The van der Waals surface area contributed by atoms with Crippen LogP contribution in [0.3, 0.4) is 0 Å². The Labute approximate surface area is 338 Å². The van der Waals surface area contributed by atoms with Crippen LogP contribution in [-0.4, -0.2) is 15.0 Å². The molecule has 0 aliphatic carbocycles. The van der Waals surface area contributed by atoms with Gasteiger partial charge in [-0.3, -0.25) is 0 Å². The summed E-state index contributed by atoms with van der Waals surface area (Å²) in [5.41, 5.74) is 14.3. The second kappa shape index (κ2) is 15.4. The SMILES string of the molecule is c1ccc(-c2ccc(-c3nc(-c4ccc(-c5ccccc5)cc4)nc(-c4cccc(-c5ccc(-c6ccccc6)cc5-c5cccc6ccccc56)c4)n3)cc2)cc1. The number of rotatable bonds is 8. The molecule has 58 heavy (non-hydrogen) atoms. The van der Waals surface area contributed by atoms with Crippen molar-refractivity contribution in [1.29, 1.82) is 0 Å². The zero-order chi connectivity index (χ0) is 38.7. The Balaban J connectivity index is 1.10. The van der Waals surface area contributed by atoms with E-state index in [1.54, 1.807) is 0 Å². The molecule has 272 valence electrons. The maximum atomic E-state index is 5.15. The van der Waals surface area contributed by atoms with E-state index in [0.717, 1.165) is 38.9 Å². The molecule has 1 aromatic heterocycles. The van der Waals surface area contributed by atoms with Crippen LogP contribution in [0.5, 0.6) is 0 Å². The molecule has 0 N–H and O–H groups in total. The summed E-state index contributed by atoms with van der Waals surface area (Å²) in [5.74, 6) is 1.87. The summed E-state index contributed by atoms with van der Waals surface area (Å²) in [6, 6.07) is 79.0. The molecule has 9 aromatic carbocycles. The van der Waals surface area contributed by atoms with Crippen molar-refractivity contribution in [2.24, 2.45) is 0 Å². The van der Waals surface area contributed by atoms with Crippen LogP contribution in [0.15, 0.2) is 224 Å². The lowest BCUT2D eigenvalue weighted by Crippen LogP contribution is -2.00. The molecule has 10 rings (SSSR count). The Hall–Kier alpha value is -7.75. The maximum absolute atomic E-state index is 5.15. The lowest BCUT2D eigenvalue weighted by Gasteiger charge is -2.16. The summed E-state index contributed by atoms with van der Waals surface area (Å²) in [6.45, 7) is 0. The molecular formula is C55H37N3. The fraction of sp³-hybridized carbons (Fsp3) is 0. The molecule has 0 radical (unpaired) electrons. The van der Waals surface area contributed by atoms with Gasteiger partial charge in [0, 0.05) is 16.7 Å². The van der Waals surface area contributed by atoms with E-state index in [1.807, 2.05) is 12.1 Å². The van der Waals surface area contributed by atoms with Crippen molar-refractivity contribution in [3.63, 3.8) is 0 Å². The van der Waals surface area contributed by atoms with Crippen LogP contribution in [0, 0.1) is 0 Å². The second-order valence-electron chi connectivity index (χ2n) is 14.4. The maximum Gasteiger partial charge on any atom is 0.164 e. The van der Waals surface area contributed by atoms with E-state index in [2.05, 4.69) is 212 Å². The van der Waals surface area contributed by atoms with Gasteiger partial charge < -0.3 is 0 Å². The van der Waals surface area contributed by atoms with Gasteiger partial charge in [0.25, 0.3) is 0 Å². The third-order valence-electron chi connectivity index (χ3n) is 10.8. The Bertz CT molecular complexity index is 2910. The van der Waals surface area contributed by atoms with E-state index >= 15 is 0 Å². The molecule has 0 unspecified atom stereocenters. The smallest absolute Gasteiger partial charge is 0.164 e. The number of hydrogen-bond acceptors (Lipinski definition) is 3. The molecule has 0 bridgehead atoms. The van der Waals surface area contributed by atoms with Crippen LogP contribution in [-0.2, 0) is 0 Å². The molecule has 10 aromatic rings. The molecule has 0 aliphatic heterocycles. The van der Waals surface area contributed by atoms with Gasteiger partial charge in [-0.1, -0.05) is 212 Å². The molecular weight excluding hydrogens is 703 g/mol. The highest BCUT2D eigenvalue weighted by molar-refractivity contribution is 6.01. The van der Waals surface area contributed by atoms with Crippen LogP contribution in [0.4, 0.5) is 0 Å². The molecule has 3 heteroatoms. The molecule has 0 spiro atoms. The molecule has 0 amide bonds. The van der Waals surface area contributed by atoms with Gasteiger partial charge in [0.05, 0.1) is 0 Å². The highest BCUT2D eigenvalue weighted by Gasteiger charge is 2.17. The first-order valence-electron chi connectivity index (χ1n) is 19.6. The molecule has 1 heterocycles. The summed E-state index contributed by atoms with van der Waals surface area (Å²) >= 11 is 0.